The maximum absolute atomic E-state index is 13.0. The first-order chi connectivity index (χ1) is 14.4. The molecule has 0 atom stereocenters. The number of hydrogen-bond donors (Lipinski definition) is 2. The monoisotopic (exact) mass is 430 g/mol. The Morgan fingerprint density at radius 3 is 2.33 bits per heavy atom. The van der Waals surface area contributed by atoms with Crippen LogP contribution in [0.1, 0.15) is 60.9 Å². The highest BCUT2D eigenvalue weighted by atomic mass is 32.2. The lowest BCUT2D eigenvalue weighted by Crippen LogP contribution is -2.35. The summed E-state index contributed by atoms with van der Waals surface area (Å²) in [5, 5.41) is 2.80. The summed E-state index contributed by atoms with van der Waals surface area (Å²) < 4.78 is 34.2. The Labute approximate surface area is 179 Å². The smallest absolute Gasteiger partial charge is 0.256 e. The van der Waals surface area contributed by atoms with Gasteiger partial charge >= 0.3 is 0 Å². The molecule has 0 bridgehead atoms. The summed E-state index contributed by atoms with van der Waals surface area (Å²) >= 11 is 0. The number of carbonyl (C=O) groups excluding carboxylic acids is 1. The molecule has 30 heavy (non-hydrogen) atoms. The molecule has 0 aliphatic heterocycles. The molecule has 6 nitrogen and oxygen atoms in total. The highest BCUT2D eigenvalue weighted by Gasteiger charge is 2.22. The zero-order valence-electron chi connectivity index (χ0n) is 17.6. The number of hydrogen-bond acceptors (Lipinski definition) is 4. The normalized spacial score (nSPS) is 15.8. The van der Waals surface area contributed by atoms with Crippen molar-refractivity contribution >= 4 is 21.6 Å². The number of amides is 1. The molecule has 1 aliphatic carbocycles. The molecular formula is C23H30N2O4S. The van der Waals surface area contributed by atoms with E-state index in [0.717, 1.165) is 44.1 Å². The summed E-state index contributed by atoms with van der Waals surface area (Å²) in [6.07, 6.45) is 7.30. The summed E-state index contributed by atoms with van der Waals surface area (Å²) in [7, 11) is -2.22. The topological polar surface area (TPSA) is 84.5 Å². The van der Waals surface area contributed by atoms with Crippen LogP contribution in [0, 0.1) is 6.92 Å². The number of methoxy groups -OCH3 is 1. The Morgan fingerprint density at radius 1 is 1.00 bits per heavy atom. The van der Waals surface area contributed by atoms with Crippen LogP contribution in [-0.2, 0) is 10.0 Å². The second-order valence-electron chi connectivity index (χ2n) is 7.79. The minimum atomic E-state index is -3.70. The first-order valence-corrected chi connectivity index (χ1v) is 12.0. The van der Waals surface area contributed by atoms with E-state index in [1.54, 1.807) is 18.2 Å². The van der Waals surface area contributed by atoms with E-state index in [9.17, 15) is 13.2 Å². The van der Waals surface area contributed by atoms with Crippen molar-refractivity contribution in [1.29, 1.82) is 0 Å². The van der Waals surface area contributed by atoms with Gasteiger partial charge in [-0.15, -0.1) is 0 Å². The molecule has 1 aliphatic rings. The van der Waals surface area contributed by atoms with Gasteiger partial charge in [0.1, 0.15) is 5.75 Å². The SMILES string of the molecule is COc1ccc(S(=O)(=O)NC2CCCCCCC2)cc1NC(=O)c1ccccc1C. The minimum absolute atomic E-state index is 0.0533. The first kappa shape index (κ1) is 22.3. The Morgan fingerprint density at radius 2 is 1.67 bits per heavy atom. The zero-order valence-corrected chi connectivity index (χ0v) is 18.4. The lowest BCUT2D eigenvalue weighted by Gasteiger charge is -2.21. The van der Waals surface area contributed by atoms with E-state index in [1.165, 1.54) is 25.7 Å². The minimum Gasteiger partial charge on any atom is -0.495 e. The third kappa shape index (κ3) is 5.61. The Balaban J connectivity index is 1.82. The molecular weight excluding hydrogens is 400 g/mol. The number of anilines is 1. The largest absolute Gasteiger partial charge is 0.495 e. The van der Waals surface area contributed by atoms with Crippen molar-refractivity contribution in [3.8, 4) is 5.75 Å². The van der Waals surface area contributed by atoms with Gasteiger partial charge in [-0.2, -0.15) is 0 Å². The molecule has 1 fully saturated rings. The van der Waals surface area contributed by atoms with Crippen LogP contribution in [0.25, 0.3) is 0 Å². The van der Waals surface area contributed by atoms with E-state index in [0.29, 0.717) is 17.0 Å². The lowest BCUT2D eigenvalue weighted by molar-refractivity contribution is 0.102. The average molecular weight is 431 g/mol. The number of rotatable bonds is 6. The van der Waals surface area contributed by atoms with Crippen LogP contribution in [0.15, 0.2) is 47.4 Å². The van der Waals surface area contributed by atoms with Crippen molar-refractivity contribution < 1.29 is 17.9 Å². The fourth-order valence-electron chi connectivity index (χ4n) is 3.83. The summed E-state index contributed by atoms with van der Waals surface area (Å²) in [6.45, 7) is 1.85. The quantitative estimate of drug-likeness (QED) is 0.699. The van der Waals surface area contributed by atoms with Crippen molar-refractivity contribution in [2.45, 2.75) is 62.8 Å². The van der Waals surface area contributed by atoms with Gasteiger partial charge in [0.15, 0.2) is 0 Å². The summed E-state index contributed by atoms with van der Waals surface area (Å²) in [5.41, 5.74) is 1.69. The van der Waals surface area contributed by atoms with Gasteiger partial charge in [0.05, 0.1) is 17.7 Å². The predicted octanol–water partition coefficient (Wildman–Crippen LogP) is 4.65. The maximum atomic E-state index is 13.0. The van der Waals surface area contributed by atoms with Gasteiger partial charge in [-0.3, -0.25) is 4.79 Å². The second-order valence-corrected chi connectivity index (χ2v) is 9.51. The molecule has 0 aromatic heterocycles. The highest BCUT2D eigenvalue weighted by Crippen LogP contribution is 2.29. The lowest BCUT2D eigenvalue weighted by atomic mass is 9.97. The Kier molecular flexibility index (Phi) is 7.50. The molecule has 1 amide bonds. The number of carbonyl (C=O) groups is 1. The van der Waals surface area contributed by atoms with Crippen molar-refractivity contribution in [1.82, 2.24) is 4.72 Å². The second kappa shape index (κ2) is 10.1. The molecule has 0 saturated heterocycles. The van der Waals surface area contributed by atoms with Crippen LogP contribution >= 0.6 is 0 Å². The van der Waals surface area contributed by atoms with Crippen molar-refractivity contribution in [3.63, 3.8) is 0 Å². The number of aryl methyl sites for hydroxylation is 1. The van der Waals surface area contributed by atoms with Crippen LogP contribution in [0.4, 0.5) is 5.69 Å². The molecule has 1 saturated carbocycles. The molecule has 0 radical (unpaired) electrons. The first-order valence-electron chi connectivity index (χ1n) is 10.5. The van der Waals surface area contributed by atoms with Crippen LogP contribution in [-0.4, -0.2) is 27.5 Å². The molecule has 162 valence electrons. The standard InChI is InChI=1S/C23H30N2O4S/c1-17-10-8-9-13-20(17)23(26)24-21-16-19(14-15-22(21)29-2)30(27,28)25-18-11-6-4-3-5-7-12-18/h8-10,13-16,18,25H,3-7,11-12H2,1-2H3,(H,24,26). The van der Waals surface area contributed by atoms with Gasteiger partial charge in [0, 0.05) is 11.6 Å². The van der Waals surface area contributed by atoms with E-state index >= 15 is 0 Å². The van der Waals surface area contributed by atoms with Crippen molar-refractivity contribution in [2.75, 3.05) is 12.4 Å². The number of benzene rings is 2. The van der Waals surface area contributed by atoms with Gasteiger partial charge < -0.3 is 10.1 Å². The summed E-state index contributed by atoms with van der Waals surface area (Å²) in [6, 6.07) is 11.7. The van der Waals surface area contributed by atoms with Gasteiger partial charge in [0.2, 0.25) is 10.0 Å². The van der Waals surface area contributed by atoms with Crippen LogP contribution < -0.4 is 14.8 Å². The molecule has 2 aromatic rings. The zero-order chi connectivity index (χ0) is 21.6. The molecule has 0 heterocycles. The van der Waals surface area contributed by atoms with E-state index < -0.39 is 10.0 Å². The van der Waals surface area contributed by atoms with Crippen LogP contribution in [0.3, 0.4) is 0 Å². The van der Waals surface area contributed by atoms with Gasteiger partial charge in [0.25, 0.3) is 5.91 Å². The Hall–Kier alpha value is -2.38. The van der Waals surface area contributed by atoms with Gasteiger partial charge in [-0.05, 0) is 49.6 Å². The third-order valence-corrected chi connectivity index (χ3v) is 7.06. The van der Waals surface area contributed by atoms with Crippen LogP contribution in [0.2, 0.25) is 0 Å². The van der Waals surface area contributed by atoms with E-state index in [-0.39, 0.29) is 16.8 Å². The van der Waals surface area contributed by atoms with Gasteiger partial charge in [-0.25, -0.2) is 13.1 Å². The van der Waals surface area contributed by atoms with Crippen LogP contribution in [0.5, 0.6) is 5.75 Å². The molecule has 2 aromatic carbocycles. The number of ether oxygens (including phenoxy) is 1. The molecule has 7 heteroatoms. The van der Waals surface area contributed by atoms with Gasteiger partial charge in [-0.1, -0.05) is 50.3 Å². The fourth-order valence-corrected chi connectivity index (χ4v) is 5.16. The maximum Gasteiger partial charge on any atom is 0.256 e. The average Bonchev–Trinajstić information content (AvgIpc) is 2.70. The number of nitrogens with one attached hydrogen (secondary N) is 2. The van der Waals surface area contributed by atoms with E-state index in [1.807, 2.05) is 19.1 Å². The summed E-state index contributed by atoms with van der Waals surface area (Å²) in [4.78, 5) is 12.8. The number of sulfonamides is 1. The van der Waals surface area contributed by atoms with E-state index in [2.05, 4.69) is 10.0 Å². The Bertz CT molecular complexity index is 980. The van der Waals surface area contributed by atoms with E-state index in [4.69, 9.17) is 4.74 Å². The highest BCUT2D eigenvalue weighted by molar-refractivity contribution is 7.89. The summed E-state index contributed by atoms with van der Waals surface area (Å²) in [5.74, 6) is 0.0933. The molecule has 2 N–H and O–H groups in total. The molecule has 0 spiro atoms. The predicted molar refractivity (Wildman–Crippen MR) is 119 cm³/mol. The third-order valence-electron chi connectivity index (χ3n) is 5.55. The van der Waals surface area contributed by atoms with Crippen molar-refractivity contribution in [2.24, 2.45) is 0 Å². The molecule has 0 unspecified atom stereocenters. The molecule has 3 rings (SSSR count). The fraction of sp³-hybridized carbons (Fsp3) is 0.435. The van der Waals surface area contributed by atoms with Crippen molar-refractivity contribution in [3.05, 3.63) is 53.6 Å².